The van der Waals surface area contributed by atoms with Crippen LogP contribution < -0.4 is 27.0 Å². The molecule has 13 nitrogen and oxygen atoms in total. The van der Waals surface area contributed by atoms with Gasteiger partial charge in [-0.05, 0) is 26.3 Å². The molecule has 0 saturated carbocycles. The number of nitrogens with one attached hydrogen (secondary N) is 5. The average Bonchev–Trinajstić information content (AvgIpc) is 3.40. The molecule has 1 aromatic heterocycles. The monoisotopic (exact) mass is 437 g/mol. The van der Waals surface area contributed by atoms with Gasteiger partial charge in [0.2, 0.25) is 23.6 Å². The number of nitrogens with zero attached hydrogens (tertiary/aromatic N) is 1. The fourth-order valence-electron chi connectivity index (χ4n) is 3.08. The van der Waals surface area contributed by atoms with Gasteiger partial charge in [-0.2, -0.15) is 0 Å². The van der Waals surface area contributed by atoms with Gasteiger partial charge in [0.25, 0.3) is 0 Å². The first-order valence-corrected chi connectivity index (χ1v) is 9.80. The predicted octanol–water partition coefficient (Wildman–Crippen LogP) is -2.86. The maximum absolute atomic E-state index is 12.8. The zero-order chi connectivity index (χ0) is 23.0. The minimum Gasteiger partial charge on any atom is -0.480 e. The number of carbonyl (C=O) groups excluding carboxylic acids is 4. The van der Waals surface area contributed by atoms with E-state index < -0.39 is 54.3 Å². The maximum atomic E-state index is 12.8. The first kappa shape index (κ1) is 23.8. The topological polar surface area (TPSA) is 208 Å². The minimum absolute atomic E-state index is 0.109. The molecule has 4 atom stereocenters. The van der Waals surface area contributed by atoms with E-state index in [0.717, 1.165) is 6.42 Å². The number of imidazole rings is 1. The van der Waals surface area contributed by atoms with Crippen LogP contribution in [0.2, 0.25) is 0 Å². The Bertz CT molecular complexity index is 806. The average molecular weight is 437 g/mol. The molecule has 13 heteroatoms. The van der Waals surface area contributed by atoms with Gasteiger partial charge >= 0.3 is 5.97 Å². The number of amides is 4. The number of hydrogen-bond acceptors (Lipinski definition) is 7. The molecule has 0 radical (unpaired) electrons. The lowest BCUT2D eigenvalue weighted by Crippen LogP contribution is -2.57. The summed E-state index contributed by atoms with van der Waals surface area (Å²) in [5, 5.41) is 19.4. The Balaban J connectivity index is 2.01. The Morgan fingerprint density at radius 1 is 1.19 bits per heavy atom. The molecule has 2 rings (SSSR count). The van der Waals surface area contributed by atoms with Gasteiger partial charge in [0, 0.05) is 18.3 Å². The van der Waals surface area contributed by atoms with Crippen molar-refractivity contribution in [2.75, 3.05) is 6.54 Å². The summed E-state index contributed by atoms with van der Waals surface area (Å²) >= 11 is 0. The summed E-state index contributed by atoms with van der Waals surface area (Å²) < 4.78 is 0. The van der Waals surface area contributed by atoms with Crippen LogP contribution in [0.1, 0.15) is 31.9 Å². The molecular formula is C18H27N7O6. The van der Waals surface area contributed by atoms with Crippen molar-refractivity contribution in [3.63, 3.8) is 0 Å². The van der Waals surface area contributed by atoms with E-state index in [1.807, 2.05) is 0 Å². The smallest absolute Gasteiger partial charge is 0.326 e. The van der Waals surface area contributed by atoms with Crippen molar-refractivity contribution in [2.24, 2.45) is 5.73 Å². The van der Waals surface area contributed by atoms with Crippen molar-refractivity contribution in [3.05, 3.63) is 18.2 Å². The highest BCUT2D eigenvalue weighted by Gasteiger charge is 2.30. The van der Waals surface area contributed by atoms with E-state index in [9.17, 15) is 24.0 Å². The Labute approximate surface area is 177 Å². The molecule has 31 heavy (non-hydrogen) atoms. The van der Waals surface area contributed by atoms with Gasteiger partial charge < -0.3 is 37.1 Å². The first-order valence-electron chi connectivity index (χ1n) is 9.80. The predicted molar refractivity (Wildman–Crippen MR) is 106 cm³/mol. The van der Waals surface area contributed by atoms with Gasteiger partial charge in [-0.3, -0.25) is 19.2 Å². The lowest BCUT2D eigenvalue weighted by molar-refractivity contribution is -0.143. The van der Waals surface area contributed by atoms with Crippen LogP contribution >= 0.6 is 0 Å². The van der Waals surface area contributed by atoms with E-state index in [4.69, 9.17) is 10.8 Å². The molecule has 1 aliphatic rings. The molecule has 4 unspecified atom stereocenters. The van der Waals surface area contributed by atoms with Crippen LogP contribution in [0.5, 0.6) is 0 Å². The van der Waals surface area contributed by atoms with Crippen LogP contribution in [-0.2, 0) is 30.4 Å². The minimum atomic E-state index is -1.52. The summed E-state index contributed by atoms with van der Waals surface area (Å²) in [7, 11) is 0. The molecule has 1 aromatic rings. The van der Waals surface area contributed by atoms with Crippen molar-refractivity contribution < 1.29 is 29.1 Å². The summed E-state index contributed by atoms with van der Waals surface area (Å²) in [4.78, 5) is 66.4. The van der Waals surface area contributed by atoms with Gasteiger partial charge in [-0.1, -0.05) is 0 Å². The van der Waals surface area contributed by atoms with Crippen LogP contribution in [0.25, 0.3) is 0 Å². The lowest BCUT2D eigenvalue weighted by Gasteiger charge is -2.23. The maximum Gasteiger partial charge on any atom is 0.326 e. The molecule has 0 spiro atoms. The number of nitrogens with two attached hydrogens (primary N) is 1. The van der Waals surface area contributed by atoms with Crippen LogP contribution in [0.4, 0.5) is 0 Å². The van der Waals surface area contributed by atoms with Crippen molar-refractivity contribution in [1.29, 1.82) is 0 Å². The highest BCUT2D eigenvalue weighted by Crippen LogP contribution is 2.07. The van der Waals surface area contributed by atoms with Crippen molar-refractivity contribution >= 4 is 29.6 Å². The summed E-state index contributed by atoms with van der Waals surface area (Å²) in [6, 6.07) is -4.04. The van der Waals surface area contributed by atoms with Gasteiger partial charge in [-0.25, -0.2) is 9.78 Å². The number of aliphatic carboxylic acids is 1. The second-order valence-electron chi connectivity index (χ2n) is 7.29. The number of carboxylic acids is 1. The molecule has 1 saturated heterocycles. The molecule has 0 aliphatic carbocycles. The van der Waals surface area contributed by atoms with Crippen LogP contribution in [0.15, 0.2) is 12.5 Å². The Morgan fingerprint density at radius 2 is 1.94 bits per heavy atom. The second kappa shape index (κ2) is 11.1. The zero-order valence-corrected chi connectivity index (χ0v) is 17.0. The van der Waals surface area contributed by atoms with Gasteiger partial charge in [0.05, 0.1) is 18.8 Å². The molecular weight excluding hydrogens is 410 g/mol. The number of hydrogen-bond donors (Lipinski definition) is 7. The van der Waals surface area contributed by atoms with Crippen molar-refractivity contribution in [1.82, 2.24) is 31.2 Å². The number of primary amides is 1. The molecule has 170 valence electrons. The largest absolute Gasteiger partial charge is 0.480 e. The fourth-order valence-corrected chi connectivity index (χ4v) is 3.08. The van der Waals surface area contributed by atoms with Crippen LogP contribution in [-0.4, -0.2) is 75.4 Å². The number of H-pyrrole nitrogens is 1. The van der Waals surface area contributed by atoms with Gasteiger partial charge in [0.1, 0.15) is 18.1 Å². The molecule has 2 heterocycles. The van der Waals surface area contributed by atoms with Crippen molar-refractivity contribution in [2.45, 2.75) is 56.8 Å². The van der Waals surface area contributed by atoms with Gasteiger partial charge in [-0.15, -0.1) is 0 Å². The third-order valence-corrected chi connectivity index (χ3v) is 4.76. The first-order chi connectivity index (χ1) is 14.7. The third-order valence-electron chi connectivity index (χ3n) is 4.76. The second-order valence-corrected chi connectivity index (χ2v) is 7.29. The Kier molecular flexibility index (Phi) is 8.49. The van der Waals surface area contributed by atoms with Crippen LogP contribution in [0.3, 0.4) is 0 Å². The molecule has 1 aliphatic heterocycles. The summed E-state index contributed by atoms with van der Waals surface area (Å²) in [6.45, 7) is 2.06. The quantitative estimate of drug-likeness (QED) is 0.191. The molecule has 0 bridgehead atoms. The zero-order valence-electron chi connectivity index (χ0n) is 17.0. The molecule has 0 aromatic carbocycles. The van der Waals surface area contributed by atoms with E-state index >= 15 is 0 Å². The Morgan fingerprint density at radius 3 is 2.48 bits per heavy atom. The number of aromatic nitrogens is 2. The van der Waals surface area contributed by atoms with E-state index in [1.165, 1.54) is 19.4 Å². The normalized spacial score (nSPS) is 18.4. The highest BCUT2D eigenvalue weighted by molar-refractivity contribution is 5.94. The number of aromatic amines is 1. The molecule has 1 fully saturated rings. The Hall–Kier alpha value is -3.48. The van der Waals surface area contributed by atoms with E-state index in [-0.39, 0.29) is 12.3 Å². The summed E-state index contributed by atoms with van der Waals surface area (Å²) in [5.74, 6) is -4.11. The molecule has 8 N–H and O–H groups in total. The lowest BCUT2D eigenvalue weighted by atomic mass is 10.1. The highest BCUT2D eigenvalue weighted by atomic mass is 16.4. The third kappa shape index (κ3) is 7.37. The number of carboxylic acid groups (broad SMARTS) is 1. The fraction of sp³-hybridized carbons (Fsp3) is 0.556. The van der Waals surface area contributed by atoms with E-state index in [0.29, 0.717) is 18.7 Å². The van der Waals surface area contributed by atoms with E-state index in [1.54, 1.807) is 0 Å². The van der Waals surface area contributed by atoms with Crippen molar-refractivity contribution in [3.8, 4) is 0 Å². The molecule has 4 amide bonds. The summed E-state index contributed by atoms with van der Waals surface area (Å²) in [5.41, 5.74) is 5.59. The number of rotatable bonds is 11. The summed E-state index contributed by atoms with van der Waals surface area (Å²) in [6.07, 6.45) is 3.97. The standard InChI is InChI=1S/C18H27N7O6/c1-9(15(27)25-13(18(30)31)6-14(19)26)23-17(29)12(5-10-7-20-8-22-10)24-16(28)11-3-2-4-21-11/h7-9,11-13,21H,2-6H2,1H3,(H2,19,26)(H,20,22)(H,23,29)(H,24,28)(H,25,27)(H,30,31). The van der Waals surface area contributed by atoms with Crippen LogP contribution in [0, 0.1) is 0 Å². The van der Waals surface area contributed by atoms with E-state index in [2.05, 4.69) is 31.2 Å². The SMILES string of the molecule is CC(NC(=O)C(Cc1cnc[nH]1)NC(=O)C1CCCN1)C(=O)NC(CC(N)=O)C(=O)O. The number of carbonyl (C=O) groups is 5. The van der Waals surface area contributed by atoms with Gasteiger partial charge in [0.15, 0.2) is 0 Å².